The quantitative estimate of drug-likeness (QED) is 0.629. The van der Waals surface area contributed by atoms with Crippen molar-refractivity contribution in [1.82, 2.24) is 0 Å². The van der Waals surface area contributed by atoms with Gasteiger partial charge in [-0.3, -0.25) is 4.79 Å². The Hall–Kier alpha value is -1.35. The van der Waals surface area contributed by atoms with Crippen molar-refractivity contribution < 1.29 is 14.6 Å². The first-order valence-electron chi connectivity index (χ1n) is 11.0. The fourth-order valence-corrected chi connectivity index (χ4v) is 5.28. The summed E-state index contributed by atoms with van der Waals surface area (Å²) >= 11 is 0. The van der Waals surface area contributed by atoms with Gasteiger partial charge in [-0.05, 0) is 56.3 Å². The van der Waals surface area contributed by atoms with Gasteiger partial charge in [0.2, 0.25) is 0 Å². The molecule has 1 heterocycles. The van der Waals surface area contributed by atoms with E-state index in [1.54, 1.807) is 0 Å². The molecule has 0 aromatic rings. The first-order chi connectivity index (χ1) is 13.1. The summed E-state index contributed by atoms with van der Waals surface area (Å²) in [5, 5.41) is 10.9. The van der Waals surface area contributed by atoms with Crippen molar-refractivity contribution >= 4 is 5.78 Å². The number of ether oxygens (including phenoxy) is 1. The zero-order valence-corrected chi connectivity index (χ0v) is 17.3. The molecule has 2 aliphatic carbocycles. The molecule has 3 aliphatic rings. The predicted octanol–water partition coefficient (Wildman–Crippen LogP) is 5.92. The third-order valence-corrected chi connectivity index (χ3v) is 6.80. The van der Waals surface area contributed by atoms with Gasteiger partial charge >= 0.3 is 0 Å². The fourth-order valence-electron chi connectivity index (χ4n) is 5.28. The molecule has 27 heavy (non-hydrogen) atoms. The molecule has 3 heteroatoms. The Morgan fingerprint density at radius 3 is 2.41 bits per heavy atom. The summed E-state index contributed by atoms with van der Waals surface area (Å²) in [5.74, 6) is 1.90. The van der Waals surface area contributed by atoms with Gasteiger partial charge in [-0.2, -0.15) is 0 Å². The molecule has 3 rings (SSSR count). The highest BCUT2D eigenvalue weighted by Crippen LogP contribution is 2.44. The molecule has 1 N–H and O–H groups in total. The van der Waals surface area contributed by atoms with Crippen LogP contribution in [0.4, 0.5) is 0 Å². The van der Waals surface area contributed by atoms with E-state index in [-0.39, 0.29) is 11.7 Å². The summed E-state index contributed by atoms with van der Waals surface area (Å²) in [6.07, 6.45) is 12.1. The summed E-state index contributed by atoms with van der Waals surface area (Å²) in [5.41, 5.74) is 3.42. The fraction of sp³-hybridized carbons (Fsp3) is 0.708. The van der Waals surface area contributed by atoms with E-state index in [4.69, 9.17) is 4.74 Å². The standard InChI is InChI=1S/C24H36O3/c1-4-16-12-19(5-2)23(20(6-3)13-16)24-21(25)14-18(15-22(24)26)11-17-7-9-27-10-8-17/h12-13,17-19,23,25H,4-11,14-15H2,1-3H3. The number of rotatable bonds is 6. The molecule has 0 radical (unpaired) electrons. The molecule has 0 bridgehead atoms. The van der Waals surface area contributed by atoms with Gasteiger partial charge in [-0.15, -0.1) is 0 Å². The molecule has 3 nitrogen and oxygen atoms in total. The van der Waals surface area contributed by atoms with Crippen molar-refractivity contribution in [3.8, 4) is 0 Å². The van der Waals surface area contributed by atoms with Crippen LogP contribution in [-0.2, 0) is 9.53 Å². The summed E-state index contributed by atoms with van der Waals surface area (Å²) in [4.78, 5) is 13.1. The Labute approximate surface area is 164 Å². The Kier molecular flexibility index (Phi) is 6.97. The molecule has 0 amide bonds. The first kappa shape index (κ1) is 20.4. The monoisotopic (exact) mass is 372 g/mol. The minimum atomic E-state index is 0.0758. The highest BCUT2D eigenvalue weighted by atomic mass is 16.5. The molecule has 1 aliphatic heterocycles. The zero-order chi connectivity index (χ0) is 19.4. The summed E-state index contributed by atoms with van der Waals surface area (Å²) in [6.45, 7) is 8.23. The van der Waals surface area contributed by atoms with Gasteiger partial charge < -0.3 is 9.84 Å². The highest BCUT2D eigenvalue weighted by Gasteiger charge is 2.38. The third kappa shape index (κ3) is 4.56. The lowest BCUT2D eigenvalue weighted by Crippen LogP contribution is -2.31. The van der Waals surface area contributed by atoms with Crippen LogP contribution >= 0.6 is 0 Å². The second kappa shape index (κ2) is 9.23. The number of allylic oxidation sites excluding steroid dienone is 6. The average Bonchev–Trinajstić information content (AvgIpc) is 2.68. The number of aliphatic hydroxyl groups excluding tert-OH is 1. The van der Waals surface area contributed by atoms with Crippen molar-refractivity contribution in [2.45, 2.75) is 72.1 Å². The van der Waals surface area contributed by atoms with Gasteiger partial charge in [0.1, 0.15) is 0 Å². The van der Waals surface area contributed by atoms with E-state index in [1.165, 1.54) is 11.1 Å². The Balaban J connectivity index is 1.80. The van der Waals surface area contributed by atoms with Gasteiger partial charge in [0, 0.05) is 37.5 Å². The van der Waals surface area contributed by atoms with E-state index in [0.717, 1.165) is 57.3 Å². The minimum Gasteiger partial charge on any atom is -0.512 e. The number of carbonyl (C=O) groups excluding carboxylic acids is 1. The van der Waals surface area contributed by atoms with E-state index in [2.05, 4.69) is 32.9 Å². The maximum absolute atomic E-state index is 13.1. The van der Waals surface area contributed by atoms with Crippen LogP contribution in [0, 0.1) is 23.7 Å². The molecule has 0 aromatic heterocycles. The molecule has 3 atom stereocenters. The highest BCUT2D eigenvalue weighted by molar-refractivity contribution is 5.98. The number of hydrogen-bond acceptors (Lipinski definition) is 3. The molecular weight excluding hydrogens is 336 g/mol. The van der Waals surface area contributed by atoms with Crippen molar-refractivity contribution in [3.05, 3.63) is 34.6 Å². The molecule has 1 fully saturated rings. The summed E-state index contributed by atoms with van der Waals surface area (Å²) in [6, 6.07) is 0. The molecule has 1 saturated heterocycles. The van der Waals surface area contributed by atoms with E-state index in [9.17, 15) is 9.90 Å². The number of aliphatic hydroxyl groups is 1. The van der Waals surface area contributed by atoms with Crippen molar-refractivity contribution in [3.63, 3.8) is 0 Å². The topological polar surface area (TPSA) is 46.5 Å². The lowest BCUT2D eigenvalue weighted by Gasteiger charge is -2.36. The van der Waals surface area contributed by atoms with E-state index < -0.39 is 0 Å². The molecule has 0 spiro atoms. The van der Waals surface area contributed by atoms with Crippen LogP contribution in [0.15, 0.2) is 34.6 Å². The first-order valence-corrected chi connectivity index (χ1v) is 11.0. The van der Waals surface area contributed by atoms with E-state index in [1.807, 2.05) is 0 Å². The van der Waals surface area contributed by atoms with E-state index >= 15 is 0 Å². The average molecular weight is 373 g/mol. The smallest absolute Gasteiger partial charge is 0.163 e. The number of carbonyl (C=O) groups is 1. The number of hydrogen-bond donors (Lipinski definition) is 1. The maximum atomic E-state index is 13.1. The van der Waals surface area contributed by atoms with Crippen LogP contribution in [-0.4, -0.2) is 24.1 Å². The third-order valence-electron chi connectivity index (χ3n) is 6.80. The van der Waals surface area contributed by atoms with Gasteiger partial charge in [0.15, 0.2) is 5.78 Å². The van der Waals surface area contributed by atoms with E-state index in [0.29, 0.717) is 36.4 Å². The molecule has 0 aromatic carbocycles. The van der Waals surface area contributed by atoms with Crippen LogP contribution in [0.2, 0.25) is 0 Å². The second-order valence-corrected chi connectivity index (χ2v) is 8.57. The number of Topliss-reactive ketones (excluding diaryl/α,β-unsaturated/α-hetero) is 1. The van der Waals surface area contributed by atoms with Crippen LogP contribution in [0.5, 0.6) is 0 Å². The minimum absolute atomic E-state index is 0.0758. The lowest BCUT2D eigenvalue weighted by molar-refractivity contribution is -0.118. The van der Waals surface area contributed by atoms with Crippen LogP contribution in [0.25, 0.3) is 0 Å². The predicted molar refractivity (Wildman–Crippen MR) is 110 cm³/mol. The van der Waals surface area contributed by atoms with Crippen LogP contribution in [0.1, 0.15) is 72.1 Å². The van der Waals surface area contributed by atoms with Crippen molar-refractivity contribution in [2.24, 2.45) is 23.7 Å². The molecule has 0 saturated carbocycles. The molecule has 3 unspecified atom stereocenters. The van der Waals surface area contributed by atoms with Gasteiger partial charge in [0.25, 0.3) is 0 Å². The van der Waals surface area contributed by atoms with Crippen molar-refractivity contribution in [2.75, 3.05) is 13.2 Å². The zero-order valence-electron chi connectivity index (χ0n) is 17.3. The Bertz CT molecular complexity index is 634. The Morgan fingerprint density at radius 1 is 1.07 bits per heavy atom. The van der Waals surface area contributed by atoms with Gasteiger partial charge in [-0.25, -0.2) is 0 Å². The summed E-state index contributed by atoms with van der Waals surface area (Å²) in [7, 11) is 0. The SMILES string of the molecule is CCC1=CC(CC)C(C2=C(O)CC(CC3CCOCC3)CC2=O)C(CC)=C1. The normalized spacial score (nSPS) is 30.3. The van der Waals surface area contributed by atoms with Crippen molar-refractivity contribution in [1.29, 1.82) is 0 Å². The second-order valence-electron chi connectivity index (χ2n) is 8.57. The van der Waals surface area contributed by atoms with Crippen LogP contribution in [0.3, 0.4) is 0 Å². The van der Waals surface area contributed by atoms with Gasteiger partial charge in [0.05, 0.1) is 5.76 Å². The number of ketones is 1. The lowest BCUT2D eigenvalue weighted by atomic mass is 9.68. The molecular formula is C24H36O3. The summed E-state index contributed by atoms with van der Waals surface area (Å²) < 4.78 is 5.46. The van der Waals surface area contributed by atoms with Crippen LogP contribution < -0.4 is 0 Å². The maximum Gasteiger partial charge on any atom is 0.163 e. The Morgan fingerprint density at radius 2 is 1.81 bits per heavy atom. The largest absolute Gasteiger partial charge is 0.512 e. The van der Waals surface area contributed by atoms with Gasteiger partial charge in [-0.1, -0.05) is 44.1 Å². The molecule has 150 valence electrons.